The predicted octanol–water partition coefficient (Wildman–Crippen LogP) is 4.76. The largest absolute Gasteiger partial charge is 0.341 e. The molecule has 1 aliphatic carbocycles. The molecule has 4 rings (SSSR count). The molecule has 1 aromatic heterocycles. The zero-order valence-electron chi connectivity index (χ0n) is 16.5. The lowest BCUT2D eigenvalue weighted by Crippen LogP contribution is -2.27. The molecule has 1 atom stereocenters. The molecular formula is C23H21ClN2O3S2. The summed E-state index contributed by atoms with van der Waals surface area (Å²) in [6, 6.07) is 17.5. The highest BCUT2D eigenvalue weighted by Gasteiger charge is 2.27. The summed E-state index contributed by atoms with van der Waals surface area (Å²) in [4.78, 5) is 13.8. The summed E-state index contributed by atoms with van der Waals surface area (Å²) in [6.45, 7) is 0. The van der Waals surface area contributed by atoms with E-state index in [-0.39, 0.29) is 22.9 Å². The number of rotatable bonds is 8. The van der Waals surface area contributed by atoms with E-state index in [1.54, 1.807) is 53.8 Å². The molecule has 2 N–H and O–H groups in total. The van der Waals surface area contributed by atoms with E-state index < -0.39 is 10.0 Å². The summed E-state index contributed by atoms with van der Waals surface area (Å²) in [5.41, 5.74) is 1.67. The number of nitrogens with one attached hydrogen (secondary N) is 2. The molecule has 8 heteroatoms. The number of benzene rings is 2. The highest BCUT2D eigenvalue weighted by Crippen LogP contribution is 2.27. The molecule has 1 saturated carbocycles. The first-order valence-corrected chi connectivity index (χ1v) is 12.5. The van der Waals surface area contributed by atoms with E-state index in [4.69, 9.17) is 11.6 Å². The van der Waals surface area contributed by atoms with Gasteiger partial charge in [-0.2, -0.15) is 0 Å². The first-order valence-electron chi connectivity index (χ1n) is 9.80. The smallest absolute Gasteiger partial charge is 0.244 e. The van der Waals surface area contributed by atoms with Crippen molar-refractivity contribution in [3.05, 3.63) is 93.1 Å². The minimum Gasteiger partial charge on any atom is -0.341 e. The Balaban J connectivity index is 1.44. The summed E-state index contributed by atoms with van der Waals surface area (Å²) in [7, 11) is -3.48. The molecular weight excluding hydrogens is 452 g/mol. The first-order chi connectivity index (χ1) is 14.9. The fourth-order valence-electron chi connectivity index (χ4n) is 3.04. The summed E-state index contributed by atoms with van der Waals surface area (Å²) >= 11 is 7.56. The number of carbonyl (C=O) groups excluding carboxylic acids is 1. The van der Waals surface area contributed by atoms with Crippen LogP contribution in [0.3, 0.4) is 0 Å². The monoisotopic (exact) mass is 472 g/mol. The molecule has 0 aliphatic heterocycles. The van der Waals surface area contributed by atoms with Gasteiger partial charge in [-0.25, -0.2) is 13.1 Å². The third-order valence-corrected chi connectivity index (χ3v) is 7.56. The molecule has 1 fully saturated rings. The quantitative estimate of drug-likeness (QED) is 0.464. The molecule has 1 heterocycles. The Bertz CT molecular complexity index is 1170. The van der Waals surface area contributed by atoms with Crippen molar-refractivity contribution >= 4 is 44.9 Å². The number of halogens is 1. The first kappa shape index (κ1) is 21.8. The number of carbonyl (C=O) groups is 1. The van der Waals surface area contributed by atoms with Crippen molar-refractivity contribution in [2.75, 3.05) is 0 Å². The minimum atomic E-state index is -3.48. The van der Waals surface area contributed by atoms with Crippen LogP contribution in [0.1, 0.15) is 34.9 Å². The van der Waals surface area contributed by atoms with E-state index in [1.807, 2.05) is 29.6 Å². The zero-order chi connectivity index (χ0) is 21.8. The Kier molecular flexibility index (Phi) is 6.57. The van der Waals surface area contributed by atoms with E-state index in [0.717, 1.165) is 28.8 Å². The van der Waals surface area contributed by atoms with Gasteiger partial charge < -0.3 is 5.32 Å². The molecule has 1 unspecified atom stereocenters. The maximum Gasteiger partial charge on any atom is 0.244 e. The summed E-state index contributed by atoms with van der Waals surface area (Å²) in [5.74, 6) is -0.250. The van der Waals surface area contributed by atoms with Crippen LogP contribution < -0.4 is 10.0 Å². The topological polar surface area (TPSA) is 75.3 Å². The van der Waals surface area contributed by atoms with Gasteiger partial charge in [0.1, 0.15) is 0 Å². The van der Waals surface area contributed by atoms with Gasteiger partial charge in [0, 0.05) is 22.0 Å². The molecule has 0 spiro atoms. The third kappa shape index (κ3) is 5.83. The predicted molar refractivity (Wildman–Crippen MR) is 125 cm³/mol. The van der Waals surface area contributed by atoms with E-state index >= 15 is 0 Å². The average molecular weight is 473 g/mol. The number of hydrogen-bond acceptors (Lipinski definition) is 4. The van der Waals surface area contributed by atoms with Gasteiger partial charge in [-0.05, 0) is 65.8 Å². The van der Waals surface area contributed by atoms with Gasteiger partial charge in [-0.3, -0.25) is 4.79 Å². The second kappa shape index (κ2) is 9.36. The van der Waals surface area contributed by atoms with Crippen LogP contribution in [-0.4, -0.2) is 20.4 Å². The molecule has 160 valence electrons. The van der Waals surface area contributed by atoms with Crippen molar-refractivity contribution in [2.24, 2.45) is 0 Å². The van der Waals surface area contributed by atoms with Gasteiger partial charge in [0.05, 0.1) is 10.9 Å². The highest BCUT2D eigenvalue weighted by atomic mass is 35.5. The van der Waals surface area contributed by atoms with Crippen molar-refractivity contribution in [2.45, 2.75) is 29.8 Å². The van der Waals surface area contributed by atoms with Crippen LogP contribution in [0, 0.1) is 0 Å². The van der Waals surface area contributed by atoms with E-state index in [9.17, 15) is 13.2 Å². The molecule has 0 saturated heterocycles. The van der Waals surface area contributed by atoms with Crippen LogP contribution >= 0.6 is 22.9 Å². The maximum atomic E-state index is 12.6. The van der Waals surface area contributed by atoms with Gasteiger partial charge in [0.2, 0.25) is 15.9 Å². The van der Waals surface area contributed by atoms with Crippen LogP contribution in [0.5, 0.6) is 0 Å². The van der Waals surface area contributed by atoms with Gasteiger partial charge >= 0.3 is 0 Å². The SMILES string of the molecule is O=C(/C=C/c1ccc(S(=O)(=O)NC2CC2)cc1)NC(c1ccc(Cl)cc1)c1cccs1. The lowest BCUT2D eigenvalue weighted by atomic mass is 10.1. The van der Waals surface area contributed by atoms with Crippen LogP contribution in [0.25, 0.3) is 6.08 Å². The molecule has 31 heavy (non-hydrogen) atoms. The molecule has 0 bridgehead atoms. The van der Waals surface area contributed by atoms with Gasteiger partial charge in [0.25, 0.3) is 0 Å². The minimum absolute atomic E-state index is 0.0604. The molecule has 0 radical (unpaired) electrons. The maximum absolute atomic E-state index is 12.6. The van der Waals surface area contributed by atoms with Gasteiger partial charge in [-0.1, -0.05) is 41.9 Å². The number of thiophene rings is 1. The van der Waals surface area contributed by atoms with Crippen LogP contribution in [0.2, 0.25) is 5.02 Å². The highest BCUT2D eigenvalue weighted by molar-refractivity contribution is 7.89. The standard InChI is InChI=1S/C23H21ClN2O3S2/c24-18-8-6-17(7-9-18)23(21-2-1-15-30-21)25-22(27)14-5-16-3-12-20(13-4-16)31(28,29)26-19-10-11-19/h1-9,12-15,19,23,26H,10-11H2,(H,25,27)/b14-5+. The molecule has 1 amide bonds. The van der Waals surface area contributed by atoms with Gasteiger partial charge in [-0.15, -0.1) is 11.3 Å². The third-order valence-electron chi connectivity index (χ3n) is 4.83. The van der Waals surface area contributed by atoms with E-state index in [0.29, 0.717) is 5.02 Å². The van der Waals surface area contributed by atoms with Crippen LogP contribution in [0.15, 0.2) is 77.0 Å². The average Bonchev–Trinajstić information content (AvgIpc) is 3.39. The van der Waals surface area contributed by atoms with Crippen molar-refractivity contribution in [1.29, 1.82) is 0 Å². The second-order valence-corrected chi connectivity index (χ2v) is 10.4. The Hall–Kier alpha value is -2.45. The molecule has 1 aliphatic rings. The summed E-state index contributed by atoms with van der Waals surface area (Å²) in [5, 5.41) is 5.63. The number of sulfonamides is 1. The van der Waals surface area contributed by atoms with Crippen molar-refractivity contribution in [3.63, 3.8) is 0 Å². The normalized spacial score (nSPS) is 15.1. The molecule has 3 aromatic rings. The lowest BCUT2D eigenvalue weighted by Gasteiger charge is -2.17. The Labute approximate surface area is 190 Å². The summed E-state index contributed by atoms with van der Waals surface area (Å²) < 4.78 is 27.2. The lowest BCUT2D eigenvalue weighted by molar-refractivity contribution is -0.116. The van der Waals surface area contributed by atoms with Crippen molar-refractivity contribution < 1.29 is 13.2 Å². The second-order valence-electron chi connectivity index (χ2n) is 7.31. The van der Waals surface area contributed by atoms with E-state index in [1.165, 1.54) is 6.08 Å². The molecule has 2 aromatic carbocycles. The molecule has 5 nitrogen and oxygen atoms in total. The number of hydrogen-bond donors (Lipinski definition) is 2. The van der Waals surface area contributed by atoms with Crippen molar-refractivity contribution in [3.8, 4) is 0 Å². The van der Waals surface area contributed by atoms with Crippen LogP contribution in [0.4, 0.5) is 0 Å². The summed E-state index contributed by atoms with van der Waals surface area (Å²) in [6.07, 6.45) is 4.88. The Morgan fingerprint density at radius 1 is 1.06 bits per heavy atom. The fourth-order valence-corrected chi connectivity index (χ4v) is 5.27. The van der Waals surface area contributed by atoms with E-state index in [2.05, 4.69) is 10.0 Å². The van der Waals surface area contributed by atoms with Crippen LogP contribution in [-0.2, 0) is 14.8 Å². The Morgan fingerprint density at radius 3 is 2.39 bits per heavy atom. The zero-order valence-corrected chi connectivity index (χ0v) is 18.9. The number of amides is 1. The fraction of sp³-hybridized carbons (Fsp3) is 0.174. The Morgan fingerprint density at radius 2 is 1.77 bits per heavy atom. The van der Waals surface area contributed by atoms with Gasteiger partial charge in [0.15, 0.2) is 0 Å². The van der Waals surface area contributed by atoms with Crippen molar-refractivity contribution in [1.82, 2.24) is 10.0 Å².